The summed E-state index contributed by atoms with van der Waals surface area (Å²) in [6.45, 7) is 2.92. The molecule has 1 saturated carbocycles. The summed E-state index contributed by atoms with van der Waals surface area (Å²) in [6.07, 6.45) is 3.60. The lowest BCUT2D eigenvalue weighted by Crippen LogP contribution is -2.17. The Bertz CT molecular complexity index is 451. The molecule has 1 aliphatic rings. The molecule has 0 aromatic heterocycles. The zero-order valence-corrected chi connectivity index (χ0v) is 10.4. The van der Waals surface area contributed by atoms with Crippen LogP contribution >= 0.6 is 0 Å². The third kappa shape index (κ3) is 2.78. The highest BCUT2D eigenvalue weighted by atomic mass is 19.1. The second-order valence-electron chi connectivity index (χ2n) is 4.97. The van der Waals surface area contributed by atoms with E-state index in [9.17, 15) is 14.5 Å². The fraction of sp³-hybridized carbons (Fsp3) is 0.538. The van der Waals surface area contributed by atoms with Gasteiger partial charge in [-0.25, -0.2) is 4.39 Å². The van der Waals surface area contributed by atoms with Gasteiger partial charge in [-0.3, -0.25) is 10.1 Å². The summed E-state index contributed by atoms with van der Waals surface area (Å²) in [5.41, 5.74) is 0.209. The molecule has 0 amide bonds. The normalized spacial score (nSPS) is 23.0. The number of nitro benzene ring substituents is 1. The number of nitrogens with one attached hydrogen (secondary N) is 1. The van der Waals surface area contributed by atoms with E-state index in [1.807, 2.05) is 0 Å². The van der Waals surface area contributed by atoms with Crippen molar-refractivity contribution in [2.45, 2.75) is 26.2 Å². The quantitative estimate of drug-likeness (QED) is 0.658. The second-order valence-corrected chi connectivity index (χ2v) is 4.97. The number of hydrogen-bond donors (Lipinski definition) is 1. The molecule has 1 fully saturated rings. The van der Waals surface area contributed by atoms with Crippen molar-refractivity contribution in [2.24, 2.45) is 11.8 Å². The van der Waals surface area contributed by atoms with Crippen LogP contribution in [0.2, 0.25) is 0 Å². The fourth-order valence-corrected chi connectivity index (χ4v) is 2.57. The van der Waals surface area contributed by atoms with Gasteiger partial charge in [-0.1, -0.05) is 19.8 Å². The molecule has 0 radical (unpaired) electrons. The van der Waals surface area contributed by atoms with Crippen molar-refractivity contribution in [3.63, 3.8) is 0 Å². The Labute approximate surface area is 105 Å². The highest BCUT2D eigenvalue weighted by Gasteiger charge is 2.24. The minimum Gasteiger partial charge on any atom is -0.379 e. The van der Waals surface area contributed by atoms with Crippen molar-refractivity contribution in [3.05, 3.63) is 34.1 Å². The molecule has 2 rings (SSSR count). The van der Waals surface area contributed by atoms with Crippen LogP contribution in [0.1, 0.15) is 26.2 Å². The van der Waals surface area contributed by atoms with Gasteiger partial charge in [0.2, 0.25) is 0 Å². The molecule has 98 valence electrons. The van der Waals surface area contributed by atoms with Gasteiger partial charge in [-0.2, -0.15) is 0 Å². The first-order valence-corrected chi connectivity index (χ1v) is 6.25. The summed E-state index contributed by atoms with van der Waals surface area (Å²) < 4.78 is 13.0. The highest BCUT2D eigenvalue weighted by molar-refractivity contribution is 5.61. The van der Waals surface area contributed by atoms with Gasteiger partial charge >= 0.3 is 0 Å². The van der Waals surface area contributed by atoms with Crippen molar-refractivity contribution in [3.8, 4) is 0 Å². The van der Waals surface area contributed by atoms with E-state index in [1.54, 1.807) is 0 Å². The van der Waals surface area contributed by atoms with Gasteiger partial charge in [0, 0.05) is 6.54 Å². The fourth-order valence-electron chi connectivity index (χ4n) is 2.57. The lowest BCUT2D eigenvalue weighted by molar-refractivity contribution is -0.384. The molecule has 0 aliphatic heterocycles. The number of nitrogens with zero attached hydrogens (tertiary/aromatic N) is 1. The Hall–Kier alpha value is -1.65. The van der Waals surface area contributed by atoms with Gasteiger partial charge in [-0.05, 0) is 30.4 Å². The monoisotopic (exact) mass is 252 g/mol. The molecular formula is C13H17FN2O2. The first-order chi connectivity index (χ1) is 8.58. The maximum Gasteiger partial charge on any atom is 0.295 e. The van der Waals surface area contributed by atoms with Gasteiger partial charge in [0.25, 0.3) is 5.69 Å². The van der Waals surface area contributed by atoms with E-state index in [1.165, 1.54) is 25.0 Å². The summed E-state index contributed by atoms with van der Waals surface area (Å²) in [6, 6.07) is 3.64. The van der Waals surface area contributed by atoms with Gasteiger partial charge in [0.15, 0.2) is 0 Å². The molecule has 0 saturated heterocycles. The highest BCUT2D eigenvalue weighted by Crippen LogP contribution is 2.32. The van der Waals surface area contributed by atoms with E-state index in [4.69, 9.17) is 0 Å². The molecule has 2 atom stereocenters. The molecule has 0 heterocycles. The smallest absolute Gasteiger partial charge is 0.295 e. The van der Waals surface area contributed by atoms with Gasteiger partial charge in [-0.15, -0.1) is 0 Å². The number of rotatable bonds is 4. The SMILES string of the molecule is CC1CCCC1CNc1ccc(F)cc1[N+](=O)[O-]. The minimum atomic E-state index is -0.582. The Morgan fingerprint density at radius 2 is 2.28 bits per heavy atom. The van der Waals surface area contributed by atoms with Gasteiger partial charge in [0.1, 0.15) is 11.5 Å². The van der Waals surface area contributed by atoms with E-state index in [2.05, 4.69) is 12.2 Å². The number of halogens is 1. The van der Waals surface area contributed by atoms with Crippen molar-refractivity contribution >= 4 is 11.4 Å². The van der Waals surface area contributed by atoms with Crippen molar-refractivity contribution in [1.29, 1.82) is 0 Å². The Kier molecular flexibility index (Phi) is 3.79. The van der Waals surface area contributed by atoms with Crippen LogP contribution in [0.25, 0.3) is 0 Å². The lowest BCUT2D eigenvalue weighted by Gasteiger charge is -2.16. The summed E-state index contributed by atoms with van der Waals surface area (Å²) >= 11 is 0. The van der Waals surface area contributed by atoms with E-state index in [0.717, 1.165) is 12.5 Å². The third-order valence-corrected chi connectivity index (χ3v) is 3.75. The second kappa shape index (κ2) is 5.33. The van der Waals surface area contributed by atoms with Gasteiger partial charge in [0.05, 0.1) is 11.0 Å². The van der Waals surface area contributed by atoms with Crippen LogP contribution in [0.15, 0.2) is 18.2 Å². The zero-order chi connectivity index (χ0) is 13.1. The molecule has 1 N–H and O–H groups in total. The molecule has 18 heavy (non-hydrogen) atoms. The van der Waals surface area contributed by atoms with Crippen LogP contribution in [0.3, 0.4) is 0 Å². The first kappa shape index (κ1) is 12.8. The maximum absolute atomic E-state index is 13.0. The average Bonchev–Trinajstić information content (AvgIpc) is 2.73. The predicted octanol–water partition coefficient (Wildman–Crippen LogP) is 3.58. The van der Waals surface area contributed by atoms with E-state index in [-0.39, 0.29) is 5.69 Å². The first-order valence-electron chi connectivity index (χ1n) is 6.25. The summed E-state index contributed by atoms with van der Waals surface area (Å²) in [4.78, 5) is 10.3. The standard InChI is InChI=1S/C13H17FN2O2/c1-9-3-2-4-10(9)8-15-12-6-5-11(14)7-13(12)16(17)18/h5-7,9-10,15H,2-4,8H2,1H3. The molecule has 4 nitrogen and oxygen atoms in total. The number of anilines is 1. The third-order valence-electron chi connectivity index (χ3n) is 3.75. The molecule has 2 unspecified atom stereocenters. The molecule has 0 spiro atoms. The van der Waals surface area contributed by atoms with Crippen LogP contribution in [-0.4, -0.2) is 11.5 Å². The van der Waals surface area contributed by atoms with Crippen molar-refractivity contribution in [1.82, 2.24) is 0 Å². The van der Waals surface area contributed by atoms with Crippen LogP contribution in [-0.2, 0) is 0 Å². The van der Waals surface area contributed by atoms with E-state index < -0.39 is 10.7 Å². The summed E-state index contributed by atoms with van der Waals surface area (Å²) in [7, 11) is 0. The van der Waals surface area contributed by atoms with E-state index >= 15 is 0 Å². The average molecular weight is 252 g/mol. The van der Waals surface area contributed by atoms with Crippen LogP contribution in [0, 0.1) is 27.8 Å². The minimum absolute atomic E-state index is 0.194. The maximum atomic E-state index is 13.0. The topological polar surface area (TPSA) is 55.2 Å². The summed E-state index contributed by atoms with van der Waals surface area (Å²) in [5, 5.41) is 13.9. The number of hydrogen-bond acceptors (Lipinski definition) is 3. The molecule has 1 aromatic rings. The molecule has 5 heteroatoms. The molecule has 0 bridgehead atoms. The lowest BCUT2D eigenvalue weighted by atomic mass is 9.98. The Morgan fingerprint density at radius 1 is 1.50 bits per heavy atom. The summed E-state index contributed by atoms with van der Waals surface area (Å²) in [5.74, 6) is 0.619. The van der Waals surface area contributed by atoms with Crippen molar-refractivity contribution < 1.29 is 9.31 Å². The Morgan fingerprint density at radius 3 is 2.89 bits per heavy atom. The number of nitro groups is 1. The molecule has 1 aliphatic carbocycles. The predicted molar refractivity (Wildman–Crippen MR) is 68.0 cm³/mol. The zero-order valence-electron chi connectivity index (χ0n) is 10.4. The van der Waals surface area contributed by atoms with Crippen LogP contribution < -0.4 is 5.32 Å². The number of benzene rings is 1. The van der Waals surface area contributed by atoms with Crippen LogP contribution in [0.4, 0.5) is 15.8 Å². The molecular weight excluding hydrogens is 235 g/mol. The van der Waals surface area contributed by atoms with Crippen LogP contribution in [0.5, 0.6) is 0 Å². The van der Waals surface area contributed by atoms with Crippen molar-refractivity contribution in [2.75, 3.05) is 11.9 Å². The molecule has 1 aromatic carbocycles. The van der Waals surface area contributed by atoms with Gasteiger partial charge < -0.3 is 5.32 Å². The van der Waals surface area contributed by atoms with E-state index in [0.29, 0.717) is 24.1 Å². The Balaban J connectivity index is 2.06. The largest absolute Gasteiger partial charge is 0.379 e.